The van der Waals surface area contributed by atoms with E-state index >= 15 is 0 Å². The van der Waals surface area contributed by atoms with Crippen LogP contribution in [0.2, 0.25) is 0 Å². The second kappa shape index (κ2) is 8.10. The molecule has 0 saturated carbocycles. The zero-order chi connectivity index (χ0) is 21.3. The third-order valence-electron chi connectivity index (χ3n) is 5.27. The van der Waals surface area contributed by atoms with Gasteiger partial charge in [0, 0.05) is 16.9 Å². The largest absolute Gasteiger partial charge is 0.451 e. The number of ether oxygens (including phenoxy) is 1. The van der Waals surface area contributed by atoms with Crippen LogP contribution in [-0.4, -0.2) is 28.3 Å². The smallest absolute Gasteiger partial charge is 0.359 e. The second-order valence-electron chi connectivity index (χ2n) is 7.41. The van der Waals surface area contributed by atoms with E-state index in [1.165, 1.54) is 12.1 Å². The minimum absolute atomic E-state index is 0.215. The van der Waals surface area contributed by atoms with Gasteiger partial charge in [0.25, 0.3) is 5.91 Å². The molecule has 7 heteroatoms. The topological polar surface area (TPSA) is 73.2 Å². The van der Waals surface area contributed by atoms with Gasteiger partial charge in [-0.2, -0.15) is 5.10 Å². The number of nitrogens with zero attached hydrogens (tertiary/aromatic N) is 2. The zero-order valence-corrected chi connectivity index (χ0v) is 16.9. The van der Waals surface area contributed by atoms with Gasteiger partial charge < -0.3 is 10.1 Å². The molecule has 1 amide bonds. The van der Waals surface area contributed by atoms with Gasteiger partial charge in [0.1, 0.15) is 5.82 Å². The molecule has 3 aromatic rings. The summed E-state index contributed by atoms with van der Waals surface area (Å²) < 4.78 is 20.2. The van der Waals surface area contributed by atoms with Crippen LogP contribution in [0.15, 0.2) is 42.5 Å². The van der Waals surface area contributed by atoms with Crippen LogP contribution in [0.5, 0.6) is 0 Å². The fourth-order valence-corrected chi connectivity index (χ4v) is 3.78. The number of nitrogens with one attached hydrogen (secondary N) is 1. The molecule has 1 N–H and O–H groups in total. The first-order valence-corrected chi connectivity index (χ1v) is 9.84. The van der Waals surface area contributed by atoms with Gasteiger partial charge in [-0.25, -0.2) is 13.9 Å². The predicted octanol–water partition coefficient (Wildman–Crippen LogP) is 3.91. The van der Waals surface area contributed by atoms with Crippen molar-refractivity contribution in [1.29, 1.82) is 0 Å². The summed E-state index contributed by atoms with van der Waals surface area (Å²) in [7, 11) is 0. The van der Waals surface area contributed by atoms with E-state index < -0.39 is 18.5 Å². The van der Waals surface area contributed by atoms with E-state index in [1.807, 2.05) is 32.0 Å². The highest BCUT2D eigenvalue weighted by Crippen LogP contribution is 2.28. The van der Waals surface area contributed by atoms with Crippen molar-refractivity contribution in [1.82, 2.24) is 9.78 Å². The highest BCUT2D eigenvalue weighted by molar-refractivity contribution is 5.96. The number of anilines is 1. The minimum Gasteiger partial charge on any atom is -0.451 e. The number of rotatable bonds is 5. The summed E-state index contributed by atoms with van der Waals surface area (Å²) in [5, 5.41) is 7.21. The molecular formula is C23H22FN3O3. The molecule has 0 bridgehead atoms. The van der Waals surface area contributed by atoms with Crippen LogP contribution in [0, 0.1) is 19.7 Å². The standard InChI is InChI=1S/C23H22FN3O3/c1-14-5-3-6-15(2)21(14)25-20(28)13-30-23(29)22-18-7-4-8-19(18)27(26-22)17-11-9-16(24)10-12-17/h3,5-6,9-12H,4,7-8,13H2,1-2H3,(H,25,28). The average molecular weight is 407 g/mol. The Morgan fingerprint density at radius 3 is 2.50 bits per heavy atom. The van der Waals surface area contributed by atoms with E-state index in [4.69, 9.17) is 4.74 Å². The highest BCUT2D eigenvalue weighted by Gasteiger charge is 2.28. The predicted molar refractivity (Wildman–Crippen MR) is 110 cm³/mol. The number of hydrogen-bond acceptors (Lipinski definition) is 4. The first kappa shape index (κ1) is 19.8. The third-order valence-corrected chi connectivity index (χ3v) is 5.27. The quantitative estimate of drug-likeness (QED) is 0.651. The van der Waals surface area contributed by atoms with Crippen molar-refractivity contribution in [3.8, 4) is 5.69 Å². The third kappa shape index (κ3) is 3.83. The van der Waals surface area contributed by atoms with Crippen LogP contribution in [0.3, 0.4) is 0 Å². The van der Waals surface area contributed by atoms with Crippen molar-refractivity contribution in [2.75, 3.05) is 11.9 Å². The van der Waals surface area contributed by atoms with E-state index in [0.29, 0.717) is 5.69 Å². The summed E-state index contributed by atoms with van der Waals surface area (Å²) in [6.07, 6.45) is 2.40. The molecule has 0 radical (unpaired) electrons. The summed E-state index contributed by atoms with van der Waals surface area (Å²) in [5.41, 5.74) is 5.25. The van der Waals surface area contributed by atoms with Gasteiger partial charge >= 0.3 is 5.97 Å². The first-order chi connectivity index (χ1) is 14.4. The molecule has 30 heavy (non-hydrogen) atoms. The molecule has 0 unspecified atom stereocenters. The molecule has 0 saturated heterocycles. The average Bonchev–Trinajstić information content (AvgIpc) is 3.33. The lowest BCUT2D eigenvalue weighted by atomic mass is 10.1. The summed E-state index contributed by atoms with van der Waals surface area (Å²) in [5.74, 6) is -1.38. The molecule has 1 aromatic heterocycles. The lowest BCUT2D eigenvalue weighted by molar-refractivity contribution is -0.119. The van der Waals surface area contributed by atoms with Crippen LogP contribution in [0.1, 0.15) is 39.3 Å². The number of halogens is 1. The first-order valence-electron chi connectivity index (χ1n) is 9.84. The number of aromatic nitrogens is 2. The van der Waals surface area contributed by atoms with Crippen molar-refractivity contribution in [2.24, 2.45) is 0 Å². The Balaban J connectivity index is 1.48. The molecule has 0 spiro atoms. The van der Waals surface area contributed by atoms with Crippen LogP contribution in [-0.2, 0) is 22.4 Å². The van der Waals surface area contributed by atoms with Crippen molar-refractivity contribution in [3.63, 3.8) is 0 Å². The summed E-state index contributed by atoms with van der Waals surface area (Å²) in [6.45, 7) is 3.41. The van der Waals surface area contributed by atoms with E-state index in [0.717, 1.165) is 47.3 Å². The van der Waals surface area contributed by atoms with E-state index in [9.17, 15) is 14.0 Å². The summed E-state index contributed by atoms with van der Waals surface area (Å²) >= 11 is 0. The fourth-order valence-electron chi connectivity index (χ4n) is 3.78. The Bertz CT molecular complexity index is 1100. The summed E-state index contributed by atoms with van der Waals surface area (Å²) in [6, 6.07) is 11.7. The molecule has 4 rings (SSSR count). The van der Waals surface area contributed by atoms with E-state index in [1.54, 1.807) is 16.8 Å². The monoisotopic (exact) mass is 407 g/mol. The van der Waals surface area contributed by atoms with Gasteiger partial charge in [0.05, 0.1) is 5.69 Å². The lowest BCUT2D eigenvalue weighted by Gasteiger charge is -2.11. The van der Waals surface area contributed by atoms with Crippen LogP contribution >= 0.6 is 0 Å². The number of fused-ring (bicyclic) bond motifs is 1. The Hall–Kier alpha value is -3.48. The van der Waals surface area contributed by atoms with E-state index in [-0.39, 0.29) is 11.5 Å². The maximum Gasteiger partial charge on any atom is 0.359 e. The number of amides is 1. The number of aryl methyl sites for hydroxylation is 2. The Morgan fingerprint density at radius 1 is 1.10 bits per heavy atom. The molecule has 1 aliphatic carbocycles. The van der Waals surface area contributed by atoms with Gasteiger partial charge in [-0.3, -0.25) is 4.79 Å². The number of esters is 1. The second-order valence-corrected chi connectivity index (χ2v) is 7.41. The maximum absolute atomic E-state index is 13.3. The van der Waals surface area contributed by atoms with Crippen molar-refractivity contribution in [3.05, 3.63) is 76.4 Å². The molecule has 1 heterocycles. The van der Waals surface area contributed by atoms with Gasteiger partial charge in [0.2, 0.25) is 0 Å². The molecule has 2 aromatic carbocycles. The maximum atomic E-state index is 13.3. The van der Waals surface area contributed by atoms with Crippen molar-refractivity contribution in [2.45, 2.75) is 33.1 Å². The Labute approximate surface area is 173 Å². The molecule has 6 nitrogen and oxygen atoms in total. The van der Waals surface area contributed by atoms with Gasteiger partial charge in [0.15, 0.2) is 12.3 Å². The number of carbonyl (C=O) groups excluding carboxylic acids is 2. The molecule has 0 atom stereocenters. The molecular weight excluding hydrogens is 385 g/mol. The number of benzene rings is 2. The van der Waals surface area contributed by atoms with Gasteiger partial charge in [-0.15, -0.1) is 0 Å². The van der Waals surface area contributed by atoms with E-state index in [2.05, 4.69) is 10.4 Å². The van der Waals surface area contributed by atoms with Gasteiger partial charge in [-0.05, 0) is 68.5 Å². The number of hydrogen-bond donors (Lipinski definition) is 1. The van der Waals surface area contributed by atoms with Gasteiger partial charge in [-0.1, -0.05) is 18.2 Å². The molecule has 154 valence electrons. The van der Waals surface area contributed by atoms with Crippen LogP contribution in [0.4, 0.5) is 10.1 Å². The SMILES string of the molecule is Cc1cccc(C)c1NC(=O)COC(=O)c1nn(-c2ccc(F)cc2)c2c1CCC2. The summed E-state index contributed by atoms with van der Waals surface area (Å²) in [4.78, 5) is 25.0. The highest BCUT2D eigenvalue weighted by atomic mass is 19.1. The lowest BCUT2D eigenvalue weighted by Crippen LogP contribution is -2.22. The van der Waals surface area contributed by atoms with Crippen molar-refractivity contribution >= 4 is 17.6 Å². The molecule has 0 aliphatic heterocycles. The van der Waals surface area contributed by atoms with Crippen LogP contribution in [0.25, 0.3) is 5.69 Å². The minimum atomic E-state index is -0.634. The molecule has 0 fully saturated rings. The number of para-hydroxylation sites is 1. The van der Waals surface area contributed by atoms with Crippen molar-refractivity contribution < 1.29 is 18.7 Å². The number of carbonyl (C=O) groups is 2. The Morgan fingerprint density at radius 2 is 1.80 bits per heavy atom. The van der Waals surface area contributed by atoms with Crippen LogP contribution < -0.4 is 5.32 Å². The fraction of sp³-hybridized carbons (Fsp3) is 0.261. The molecule has 1 aliphatic rings. The normalized spacial score (nSPS) is 12.5. The zero-order valence-electron chi connectivity index (χ0n) is 16.9. The Kier molecular flexibility index (Phi) is 5.35.